The Kier molecular flexibility index (Phi) is 5.75. The summed E-state index contributed by atoms with van der Waals surface area (Å²) in [5.74, 6) is -1.83. The van der Waals surface area contributed by atoms with Gasteiger partial charge in [0.25, 0.3) is 5.78 Å². The average molecular weight is 508 g/mol. The number of aryl methyl sites for hydroxylation is 1. The molecular weight excluding hydrogens is 489 g/mol. The van der Waals surface area contributed by atoms with Crippen molar-refractivity contribution < 1.29 is 19.4 Å². The number of methoxy groups -OCH3 is 1. The molecule has 7 nitrogen and oxygen atoms in total. The molecule has 1 saturated heterocycles. The van der Waals surface area contributed by atoms with Gasteiger partial charge in [0.2, 0.25) is 5.95 Å². The molecule has 1 unspecified atom stereocenters. The van der Waals surface area contributed by atoms with Crippen LogP contribution in [0.25, 0.3) is 16.8 Å². The van der Waals surface area contributed by atoms with Crippen molar-refractivity contribution >= 4 is 57.6 Å². The number of fused-ring (bicyclic) bond motifs is 1. The van der Waals surface area contributed by atoms with Gasteiger partial charge in [-0.15, -0.1) is 0 Å². The first-order valence-electron chi connectivity index (χ1n) is 10.7. The molecule has 9 heteroatoms. The molecule has 2 heterocycles. The predicted octanol–water partition coefficient (Wildman–Crippen LogP) is 5.81. The number of aliphatic hydroxyl groups is 1. The summed E-state index contributed by atoms with van der Waals surface area (Å²) in [7, 11) is 1.38. The number of carbonyl (C=O) groups is 2. The minimum atomic E-state index is -0.958. The summed E-state index contributed by atoms with van der Waals surface area (Å²) in [5.41, 5.74) is 2.95. The number of hydrogen-bond acceptors (Lipinski definition) is 5. The molecule has 4 aromatic rings. The van der Waals surface area contributed by atoms with E-state index in [1.807, 2.05) is 31.2 Å². The van der Waals surface area contributed by atoms with Gasteiger partial charge in [0.05, 0.1) is 40.3 Å². The lowest BCUT2D eigenvalue weighted by Crippen LogP contribution is -2.30. The molecule has 1 amide bonds. The van der Waals surface area contributed by atoms with E-state index in [1.165, 1.54) is 24.1 Å². The molecule has 1 fully saturated rings. The van der Waals surface area contributed by atoms with Crippen molar-refractivity contribution in [2.24, 2.45) is 0 Å². The van der Waals surface area contributed by atoms with Crippen molar-refractivity contribution in [1.29, 1.82) is 0 Å². The van der Waals surface area contributed by atoms with E-state index in [9.17, 15) is 14.7 Å². The number of imidazole rings is 1. The van der Waals surface area contributed by atoms with Crippen molar-refractivity contribution in [3.8, 4) is 5.75 Å². The number of Topliss-reactive ketones (excluding diaryl/α,β-unsaturated/α-hetero) is 1. The van der Waals surface area contributed by atoms with Gasteiger partial charge >= 0.3 is 5.91 Å². The van der Waals surface area contributed by atoms with E-state index in [-0.39, 0.29) is 32.9 Å². The van der Waals surface area contributed by atoms with Crippen LogP contribution in [0.5, 0.6) is 5.75 Å². The SMILES string of the molecule is COc1c(Cl)cc(Cl)cc1/C(O)=C1\C(=O)C(=O)N(c2nc3ccc(C)cc3[nH]2)C1c1ccccc1. The Labute approximate surface area is 210 Å². The van der Waals surface area contributed by atoms with E-state index in [1.54, 1.807) is 24.3 Å². The van der Waals surface area contributed by atoms with Crippen molar-refractivity contribution in [2.75, 3.05) is 12.0 Å². The molecule has 0 bridgehead atoms. The second kappa shape index (κ2) is 8.76. The molecule has 0 saturated carbocycles. The van der Waals surface area contributed by atoms with Gasteiger partial charge in [0, 0.05) is 5.02 Å². The maximum absolute atomic E-state index is 13.4. The molecular formula is C26H19Cl2N3O4. The molecule has 0 aliphatic carbocycles. The lowest BCUT2D eigenvalue weighted by atomic mass is 9.95. The number of carbonyl (C=O) groups excluding carboxylic acids is 2. The summed E-state index contributed by atoms with van der Waals surface area (Å²) < 4.78 is 5.36. The number of hydrogen-bond donors (Lipinski definition) is 2. The lowest BCUT2D eigenvalue weighted by molar-refractivity contribution is -0.132. The molecule has 5 rings (SSSR count). The first-order chi connectivity index (χ1) is 16.8. The van der Waals surface area contributed by atoms with Gasteiger partial charge in [-0.05, 0) is 42.3 Å². The number of nitrogens with one attached hydrogen (secondary N) is 1. The fourth-order valence-electron chi connectivity index (χ4n) is 4.31. The van der Waals surface area contributed by atoms with Gasteiger partial charge in [-0.3, -0.25) is 14.5 Å². The summed E-state index contributed by atoms with van der Waals surface area (Å²) in [6.45, 7) is 1.94. The maximum atomic E-state index is 13.4. The molecule has 176 valence electrons. The Morgan fingerprint density at radius 1 is 1.09 bits per heavy atom. The number of ether oxygens (including phenoxy) is 1. The van der Waals surface area contributed by atoms with E-state index < -0.39 is 23.5 Å². The van der Waals surface area contributed by atoms with E-state index in [2.05, 4.69) is 9.97 Å². The third-order valence-corrected chi connectivity index (χ3v) is 6.38. The third-order valence-electron chi connectivity index (χ3n) is 5.88. The smallest absolute Gasteiger partial charge is 0.302 e. The molecule has 0 spiro atoms. The Hall–Kier alpha value is -3.81. The van der Waals surface area contributed by atoms with Gasteiger partial charge in [0.15, 0.2) is 0 Å². The van der Waals surface area contributed by atoms with Gasteiger partial charge < -0.3 is 14.8 Å². The van der Waals surface area contributed by atoms with Crippen LogP contribution in [0.1, 0.15) is 22.7 Å². The van der Waals surface area contributed by atoms with E-state index in [0.29, 0.717) is 11.1 Å². The van der Waals surface area contributed by atoms with Gasteiger partial charge in [-0.1, -0.05) is 59.6 Å². The van der Waals surface area contributed by atoms with Crippen molar-refractivity contribution in [3.05, 3.63) is 93.0 Å². The average Bonchev–Trinajstić information content (AvgIpc) is 3.36. The van der Waals surface area contributed by atoms with Crippen molar-refractivity contribution in [3.63, 3.8) is 0 Å². The zero-order chi connectivity index (χ0) is 24.9. The first kappa shape index (κ1) is 23.0. The number of H-pyrrole nitrogens is 1. The largest absolute Gasteiger partial charge is 0.507 e. The minimum absolute atomic E-state index is 0.101. The van der Waals surface area contributed by atoms with E-state index >= 15 is 0 Å². The highest BCUT2D eigenvalue weighted by Gasteiger charge is 2.48. The van der Waals surface area contributed by atoms with Crippen LogP contribution >= 0.6 is 23.2 Å². The number of amides is 1. The van der Waals surface area contributed by atoms with Crippen LogP contribution in [0.4, 0.5) is 5.95 Å². The molecule has 0 radical (unpaired) electrons. The number of anilines is 1. The van der Waals surface area contributed by atoms with E-state index in [0.717, 1.165) is 11.1 Å². The topological polar surface area (TPSA) is 95.5 Å². The summed E-state index contributed by atoms with van der Waals surface area (Å²) in [4.78, 5) is 35.7. The fraction of sp³-hybridized carbons (Fsp3) is 0.115. The van der Waals surface area contributed by atoms with Gasteiger partial charge in [0.1, 0.15) is 11.5 Å². The third kappa shape index (κ3) is 3.83. The normalized spacial score (nSPS) is 17.4. The number of aromatic amines is 1. The highest BCUT2D eigenvalue weighted by molar-refractivity contribution is 6.51. The Balaban J connectivity index is 1.77. The summed E-state index contributed by atoms with van der Waals surface area (Å²) in [6, 6.07) is 16.5. The number of benzene rings is 3. The van der Waals surface area contributed by atoms with Crippen LogP contribution < -0.4 is 9.64 Å². The highest BCUT2D eigenvalue weighted by atomic mass is 35.5. The molecule has 35 heavy (non-hydrogen) atoms. The van der Waals surface area contributed by atoms with E-state index in [4.69, 9.17) is 27.9 Å². The monoisotopic (exact) mass is 507 g/mol. The summed E-state index contributed by atoms with van der Waals surface area (Å²) in [5, 5.41) is 11.8. The number of halogens is 2. The molecule has 2 N–H and O–H groups in total. The van der Waals surface area contributed by atoms with Crippen LogP contribution in [0.2, 0.25) is 10.0 Å². The molecule has 1 aliphatic rings. The molecule has 1 aromatic heterocycles. The number of aliphatic hydroxyl groups excluding tert-OH is 1. The summed E-state index contributed by atoms with van der Waals surface area (Å²) in [6.07, 6.45) is 0. The van der Waals surface area contributed by atoms with Crippen LogP contribution in [0, 0.1) is 6.92 Å². The second-order valence-electron chi connectivity index (χ2n) is 8.13. The zero-order valence-electron chi connectivity index (χ0n) is 18.7. The molecule has 1 atom stereocenters. The maximum Gasteiger partial charge on any atom is 0.302 e. The number of ketones is 1. The second-order valence-corrected chi connectivity index (χ2v) is 8.97. The highest BCUT2D eigenvalue weighted by Crippen LogP contribution is 2.44. The van der Waals surface area contributed by atoms with Crippen LogP contribution in [-0.2, 0) is 9.59 Å². The number of aromatic nitrogens is 2. The lowest BCUT2D eigenvalue weighted by Gasteiger charge is -2.23. The minimum Gasteiger partial charge on any atom is -0.507 e. The Morgan fingerprint density at radius 3 is 2.54 bits per heavy atom. The summed E-state index contributed by atoms with van der Waals surface area (Å²) >= 11 is 12.4. The van der Waals surface area contributed by atoms with Crippen LogP contribution in [0.3, 0.4) is 0 Å². The van der Waals surface area contributed by atoms with Gasteiger partial charge in [-0.25, -0.2) is 4.98 Å². The molecule has 3 aromatic carbocycles. The predicted molar refractivity (Wildman–Crippen MR) is 135 cm³/mol. The van der Waals surface area contributed by atoms with Crippen LogP contribution in [-0.4, -0.2) is 33.9 Å². The van der Waals surface area contributed by atoms with Crippen LogP contribution in [0.15, 0.2) is 66.2 Å². The fourth-order valence-corrected chi connectivity index (χ4v) is 4.89. The standard InChI is InChI=1S/C26H19Cl2N3O4/c1-13-8-9-18-19(10-13)30-26(29-18)31-21(14-6-4-3-5-7-14)20(23(33)25(31)34)22(32)16-11-15(27)12-17(28)24(16)35-2/h3-12,21,32H,1-2H3,(H,29,30)/b22-20+. The van der Waals surface area contributed by atoms with Crippen molar-refractivity contribution in [1.82, 2.24) is 9.97 Å². The Morgan fingerprint density at radius 2 is 1.83 bits per heavy atom. The quantitative estimate of drug-likeness (QED) is 0.206. The number of rotatable bonds is 4. The zero-order valence-corrected chi connectivity index (χ0v) is 20.2. The molecule has 1 aliphatic heterocycles. The Bertz CT molecular complexity index is 1530. The first-order valence-corrected chi connectivity index (χ1v) is 11.4. The number of nitrogens with zero attached hydrogens (tertiary/aromatic N) is 2. The van der Waals surface area contributed by atoms with Crippen molar-refractivity contribution in [2.45, 2.75) is 13.0 Å². The van der Waals surface area contributed by atoms with Gasteiger partial charge in [-0.2, -0.15) is 0 Å².